The first-order chi connectivity index (χ1) is 13.7. The molecule has 140 valence electrons. The van der Waals surface area contributed by atoms with Gasteiger partial charge in [0.15, 0.2) is 0 Å². The van der Waals surface area contributed by atoms with Crippen LogP contribution in [0.25, 0.3) is 20.8 Å². The monoisotopic (exact) mass is 405 g/mol. The Morgan fingerprint density at radius 2 is 1.82 bits per heavy atom. The first-order valence-corrected chi connectivity index (χ1v) is 11.0. The SMILES string of the molecule is Cc1nc(-c2ccccc2)sc1C(=O)N1CCC[C@@H]1c1nc2ccccc2s1. The van der Waals surface area contributed by atoms with Crippen LogP contribution in [0.2, 0.25) is 0 Å². The highest BCUT2D eigenvalue weighted by atomic mass is 32.1. The Balaban J connectivity index is 1.47. The average molecular weight is 406 g/mol. The summed E-state index contributed by atoms with van der Waals surface area (Å²) in [6, 6.07) is 18.3. The zero-order chi connectivity index (χ0) is 19.1. The number of carbonyl (C=O) groups excluding carboxylic acids is 1. The summed E-state index contributed by atoms with van der Waals surface area (Å²) >= 11 is 3.19. The van der Waals surface area contributed by atoms with Crippen LogP contribution in [0, 0.1) is 6.92 Å². The van der Waals surface area contributed by atoms with Gasteiger partial charge < -0.3 is 4.90 Å². The van der Waals surface area contributed by atoms with Gasteiger partial charge in [0.05, 0.1) is 22.0 Å². The fraction of sp³-hybridized carbons (Fsp3) is 0.227. The van der Waals surface area contributed by atoms with Gasteiger partial charge in [-0.05, 0) is 31.9 Å². The highest BCUT2D eigenvalue weighted by Crippen LogP contribution is 2.38. The van der Waals surface area contributed by atoms with Crippen LogP contribution in [0.1, 0.15) is 39.3 Å². The van der Waals surface area contributed by atoms with Crippen molar-refractivity contribution in [2.75, 3.05) is 6.54 Å². The van der Waals surface area contributed by atoms with Crippen LogP contribution in [0.5, 0.6) is 0 Å². The molecule has 1 amide bonds. The predicted molar refractivity (Wildman–Crippen MR) is 115 cm³/mol. The van der Waals surface area contributed by atoms with Gasteiger partial charge in [0.1, 0.15) is 14.9 Å². The predicted octanol–water partition coefficient (Wildman–Crippen LogP) is 5.71. The number of aryl methyl sites for hydroxylation is 1. The van der Waals surface area contributed by atoms with Crippen molar-refractivity contribution in [1.29, 1.82) is 0 Å². The molecule has 1 aliphatic heterocycles. The molecule has 0 N–H and O–H groups in total. The standard InChI is InChI=1S/C22H19N3OS2/c1-14-19(28-20(23-14)15-8-3-2-4-9-15)22(26)25-13-7-11-17(25)21-24-16-10-5-6-12-18(16)27-21/h2-6,8-10,12,17H,7,11,13H2,1H3/t17-/m1/s1. The molecule has 4 nitrogen and oxygen atoms in total. The smallest absolute Gasteiger partial charge is 0.266 e. The fourth-order valence-electron chi connectivity index (χ4n) is 3.73. The van der Waals surface area contributed by atoms with Gasteiger partial charge in [-0.15, -0.1) is 22.7 Å². The lowest BCUT2D eigenvalue weighted by molar-refractivity contribution is 0.0739. The highest BCUT2D eigenvalue weighted by Gasteiger charge is 2.34. The second-order valence-corrected chi connectivity index (χ2v) is 9.04. The highest BCUT2D eigenvalue weighted by molar-refractivity contribution is 7.18. The van der Waals surface area contributed by atoms with E-state index < -0.39 is 0 Å². The zero-order valence-corrected chi connectivity index (χ0v) is 17.1. The van der Waals surface area contributed by atoms with Gasteiger partial charge in [0, 0.05) is 12.1 Å². The first kappa shape index (κ1) is 17.5. The normalized spacial score (nSPS) is 16.8. The van der Waals surface area contributed by atoms with E-state index in [0.717, 1.165) is 51.1 Å². The van der Waals surface area contributed by atoms with E-state index in [9.17, 15) is 4.79 Å². The lowest BCUT2D eigenvalue weighted by atomic mass is 10.2. The molecule has 6 heteroatoms. The van der Waals surface area contributed by atoms with E-state index in [4.69, 9.17) is 4.98 Å². The summed E-state index contributed by atoms with van der Waals surface area (Å²) in [5.74, 6) is 0.0823. The number of carbonyl (C=O) groups is 1. The van der Waals surface area contributed by atoms with E-state index in [2.05, 4.69) is 11.1 Å². The summed E-state index contributed by atoms with van der Waals surface area (Å²) in [5.41, 5.74) is 2.88. The Kier molecular flexibility index (Phi) is 4.45. The Labute approximate surface area is 171 Å². The molecular weight excluding hydrogens is 386 g/mol. The third kappa shape index (κ3) is 3.02. The van der Waals surface area contributed by atoms with E-state index in [-0.39, 0.29) is 11.9 Å². The Morgan fingerprint density at radius 3 is 2.64 bits per heavy atom. The van der Waals surface area contributed by atoms with Crippen LogP contribution in [0.4, 0.5) is 0 Å². The van der Waals surface area contributed by atoms with Crippen molar-refractivity contribution in [3.05, 3.63) is 70.2 Å². The van der Waals surface area contributed by atoms with Crippen molar-refractivity contribution in [3.8, 4) is 10.6 Å². The number of hydrogen-bond donors (Lipinski definition) is 0. The maximum atomic E-state index is 13.4. The van der Waals surface area contributed by atoms with E-state index in [0.29, 0.717) is 0 Å². The molecule has 0 aliphatic carbocycles. The van der Waals surface area contributed by atoms with Crippen molar-refractivity contribution < 1.29 is 4.79 Å². The number of benzene rings is 2. The summed E-state index contributed by atoms with van der Waals surface area (Å²) < 4.78 is 1.18. The number of hydrogen-bond acceptors (Lipinski definition) is 5. The molecule has 2 aromatic heterocycles. The second kappa shape index (κ2) is 7.11. The van der Waals surface area contributed by atoms with Gasteiger partial charge in [0.25, 0.3) is 5.91 Å². The van der Waals surface area contributed by atoms with Crippen molar-refractivity contribution in [3.63, 3.8) is 0 Å². The van der Waals surface area contributed by atoms with Crippen LogP contribution in [-0.4, -0.2) is 27.3 Å². The minimum Gasteiger partial charge on any atom is -0.328 e. The van der Waals surface area contributed by atoms with Gasteiger partial charge in [-0.25, -0.2) is 9.97 Å². The van der Waals surface area contributed by atoms with Crippen molar-refractivity contribution in [1.82, 2.24) is 14.9 Å². The molecule has 2 aromatic carbocycles. The molecule has 3 heterocycles. The van der Waals surface area contributed by atoms with Crippen molar-refractivity contribution >= 4 is 38.8 Å². The van der Waals surface area contributed by atoms with Crippen LogP contribution in [0.3, 0.4) is 0 Å². The minimum atomic E-state index is 0.0616. The molecule has 1 fully saturated rings. The molecule has 0 spiro atoms. The number of amides is 1. The average Bonchev–Trinajstić information content (AvgIpc) is 3.45. The molecule has 0 bridgehead atoms. The quantitative estimate of drug-likeness (QED) is 0.439. The second-order valence-electron chi connectivity index (χ2n) is 6.98. The van der Waals surface area contributed by atoms with Crippen molar-refractivity contribution in [2.24, 2.45) is 0 Å². The third-order valence-electron chi connectivity index (χ3n) is 5.12. The molecular formula is C22H19N3OS2. The van der Waals surface area contributed by atoms with Gasteiger partial charge in [-0.3, -0.25) is 4.79 Å². The molecule has 0 radical (unpaired) electrons. The number of thiazole rings is 2. The summed E-state index contributed by atoms with van der Waals surface area (Å²) in [4.78, 5) is 25.6. The Hall–Kier alpha value is -2.57. The number of likely N-dealkylation sites (tertiary alicyclic amines) is 1. The molecule has 1 saturated heterocycles. The summed E-state index contributed by atoms with van der Waals surface area (Å²) in [6.07, 6.45) is 1.98. The summed E-state index contributed by atoms with van der Waals surface area (Å²) in [7, 11) is 0. The van der Waals surface area contributed by atoms with Crippen LogP contribution < -0.4 is 0 Å². The van der Waals surface area contributed by atoms with Gasteiger partial charge in [0.2, 0.25) is 0 Å². The number of aromatic nitrogens is 2. The van der Waals surface area contributed by atoms with E-state index in [1.165, 1.54) is 16.0 Å². The molecule has 5 rings (SSSR count). The topological polar surface area (TPSA) is 46.1 Å². The van der Waals surface area contributed by atoms with E-state index in [1.54, 1.807) is 11.3 Å². The van der Waals surface area contributed by atoms with Gasteiger partial charge >= 0.3 is 0 Å². The maximum absolute atomic E-state index is 13.4. The van der Waals surface area contributed by atoms with E-state index >= 15 is 0 Å². The van der Waals surface area contributed by atoms with Crippen LogP contribution >= 0.6 is 22.7 Å². The number of nitrogens with zero attached hydrogens (tertiary/aromatic N) is 3. The van der Waals surface area contributed by atoms with Gasteiger partial charge in [-0.1, -0.05) is 42.5 Å². The lowest BCUT2D eigenvalue weighted by Gasteiger charge is -2.22. The Bertz CT molecular complexity index is 1120. The fourth-order valence-corrected chi connectivity index (χ4v) is 5.87. The molecule has 0 saturated carbocycles. The first-order valence-electron chi connectivity index (χ1n) is 9.40. The maximum Gasteiger partial charge on any atom is 0.266 e. The lowest BCUT2D eigenvalue weighted by Crippen LogP contribution is -2.30. The van der Waals surface area contributed by atoms with Crippen molar-refractivity contribution in [2.45, 2.75) is 25.8 Å². The minimum absolute atomic E-state index is 0.0616. The zero-order valence-electron chi connectivity index (χ0n) is 15.5. The van der Waals surface area contributed by atoms with Gasteiger partial charge in [-0.2, -0.15) is 0 Å². The molecule has 1 aliphatic rings. The summed E-state index contributed by atoms with van der Waals surface area (Å²) in [6.45, 7) is 2.70. The molecule has 4 aromatic rings. The molecule has 28 heavy (non-hydrogen) atoms. The van der Waals surface area contributed by atoms with Crippen LogP contribution in [0.15, 0.2) is 54.6 Å². The number of para-hydroxylation sites is 1. The largest absolute Gasteiger partial charge is 0.328 e. The Morgan fingerprint density at radius 1 is 1.04 bits per heavy atom. The number of rotatable bonds is 3. The summed E-state index contributed by atoms with van der Waals surface area (Å²) in [5, 5.41) is 1.94. The molecule has 1 atom stereocenters. The van der Waals surface area contributed by atoms with E-state index in [1.807, 2.05) is 60.4 Å². The van der Waals surface area contributed by atoms with Crippen LogP contribution in [-0.2, 0) is 0 Å². The number of fused-ring (bicyclic) bond motifs is 1. The third-order valence-corrected chi connectivity index (χ3v) is 7.45. The molecule has 0 unspecified atom stereocenters.